The van der Waals surface area contributed by atoms with Gasteiger partial charge in [-0.25, -0.2) is 0 Å². The Morgan fingerprint density at radius 1 is 1.44 bits per heavy atom. The molecule has 0 heterocycles. The van der Waals surface area contributed by atoms with Crippen LogP contribution in [0, 0.1) is 0 Å². The van der Waals surface area contributed by atoms with Gasteiger partial charge in [0.1, 0.15) is 5.54 Å². The lowest BCUT2D eigenvalue weighted by atomic mass is 9.98. The number of carbonyl (C=O) groups excluding carboxylic acids is 1. The summed E-state index contributed by atoms with van der Waals surface area (Å²) in [5.74, 6) is -0.231. The van der Waals surface area contributed by atoms with Gasteiger partial charge < -0.3 is 15.4 Å². The van der Waals surface area contributed by atoms with Crippen molar-refractivity contribution in [2.45, 2.75) is 70.5 Å². The molecular weight excluding hydrogens is 228 g/mol. The molecule has 4 heteroatoms. The molecule has 2 atom stereocenters. The molecule has 106 valence electrons. The standard InChI is InChI=1S/C14H28N2O2/c1-5-11(6-2)16(4)12-8-9-14(15,10-12)13(17)18-7-3/h11-12H,5-10,15H2,1-4H3. The molecule has 0 aliphatic heterocycles. The van der Waals surface area contributed by atoms with E-state index in [1.165, 1.54) is 0 Å². The number of rotatable bonds is 6. The van der Waals surface area contributed by atoms with Gasteiger partial charge in [-0.1, -0.05) is 13.8 Å². The lowest BCUT2D eigenvalue weighted by Gasteiger charge is -2.32. The average Bonchev–Trinajstić information content (AvgIpc) is 2.75. The summed E-state index contributed by atoms with van der Waals surface area (Å²) < 4.78 is 5.09. The number of nitrogens with zero attached hydrogens (tertiary/aromatic N) is 1. The van der Waals surface area contributed by atoms with E-state index in [2.05, 4.69) is 25.8 Å². The fraction of sp³-hybridized carbons (Fsp3) is 0.929. The molecule has 0 aromatic rings. The van der Waals surface area contributed by atoms with Gasteiger partial charge in [0, 0.05) is 12.1 Å². The predicted molar refractivity (Wildman–Crippen MR) is 73.3 cm³/mol. The van der Waals surface area contributed by atoms with Crippen LogP contribution in [-0.4, -0.2) is 42.1 Å². The molecule has 1 saturated carbocycles. The minimum absolute atomic E-state index is 0.231. The second-order valence-corrected chi connectivity index (χ2v) is 5.41. The highest BCUT2D eigenvalue weighted by Crippen LogP contribution is 2.33. The van der Waals surface area contributed by atoms with Crippen LogP contribution >= 0.6 is 0 Å². The van der Waals surface area contributed by atoms with Gasteiger partial charge in [-0.15, -0.1) is 0 Å². The second-order valence-electron chi connectivity index (χ2n) is 5.41. The normalized spacial score (nSPS) is 28.1. The Balaban J connectivity index is 2.62. The number of carbonyl (C=O) groups is 1. The average molecular weight is 256 g/mol. The van der Waals surface area contributed by atoms with Gasteiger partial charge in [0.2, 0.25) is 0 Å². The van der Waals surface area contributed by atoms with E-state index in [9.17, 15) is 4.79 Å². The molecule has 0 amide bonds. The summed E-state index contributed by atoms with van der Waals surface area (Å²) in [6.07, 6.45) is 4.73. The van der Waals surface area contributed by atoms with Crippen LogP contribution in [-0.2, 0) is 9.53 Å². The monoisotopic (exact) mass is 256 g/mol. The Morgan fingerprint density at radius 3 is 2.56 bits per heavy atom. The molecule has 4 nitrogen and oxygen atoms in total. The van der Waals surface area contributed by atoms with Gasteiger partial charge >= 0.3 is 5.97 Å². The second kappa shape index (κ2) is 6.53. The maximum Gasteiger partial charge on any atom is 0.326 e. The van der Waals surface area contributed by atoms with Crippen LogP contribution in [0.5, 0.6) is 0 Å². The highest BCUT2D eigenvalue weighted by molar-refractivity contribution is 5.81. The van der Waals surface area contributed by atoms with Gasteiger partial charge in [0.05, 0.1) is 6.61 Å². The Hall–Kier alpha value is -0.610. The third-order valence-corrected chi connectivity index (χ3v) is 4.30. The third kappa shape index (κ3) is 3.23. The molecule has 2 N–H and O–H groups in total. The minimum Gasteiger partial charge on any atom is -0.465 e. The Kier molecular flexibility index (Phi) is 5.60. The number of hydrogen-bond donors (Lipinski definition) is 1. The van der Waals surface area contributed by atoms with E-state index >= 15 is 0 Å². The van der Waals surface area contributed by atoms with Crippen LogP contribution < -0.4 is 5.73 Å². The van der Waals surface area contributed by atoms with Crippen molar-refractivity contribution < 1.29 is 9.53 Å². The summed E-state index contributed by atoms with van der Waals surface area (Å²) in [5.41, 5.74) is 5.44. The van der Waals surface area contributed by atoms with Crippen molar-refractivity contribution in [3.8, 4) is 0 Å². The van der Waals surface area contributed by atoms with Crippen molar-refractivity contribution in [1.82, 2.24) is 4.90 Å². The summed E-state index contributed by atoms with van der Waals surface area (Å²) in [6.45, 7) is 6.65. The van der Waals surface area contributed by atoms with Crippen LogP contribution in [0.25, 0.3) is 0 Å². The quantitative estimate of drug-likeness (QED) is 0.738. The molecule has 2 unspecified atom stereocenters. The molecule has 18 heavy (non-hydrogen) atoms. The van der Waals surface area contributed by atoms with Crippen molar-refractivity contribution in [1.29, 1.82) is 0 Å². The predicted octanol–water partition coefficient (Wildman–Crippen LogP) is 1.92. The maximum absolute atomic E-state index is 11.9. The van der Waals surface area contributed by atoms with Crippen LogP contribution in [0.15, 0.2) is 0 Å². The highest BCUT2D eigenvalue weighted by atomic mass is 16.5. The van der Waals surface area contributed by atoms with E-state index in [0.717, 1.165) is 32.1 Å². The highest BCUT2D eigenvalue weighted by Gasteiger charge is 2.44. The number of hydrogen-bond acceptors (Lipinski definition) is 4. The molecule has 0 spiro atoms. The van der Waals surface area contributed by atoms with E-state index in [1.54, 1.807) is 0 Å². The molecule has 1 fully saturated rings. The van der Waals surface area contributed by atoms with E-state index in [-0.39, 0.29) is 5.97 Å². The molecule has 0 aromatic heterocycles. The zero-order chi connectivity index (χ0) is 13.8. The molecule has 0 bridgehead atoms. The zero-order valence-electron chi connectivity index (χ0n) is 12.2. The van der Waals surface area contributed by atoms with Gasteiger partial charge in [-0.2, -0.15) is 0 Å². The number of esters is 1. The molecule has 1 aliphatic carbocycles. The van der Waals surface area contributed by atoms with Crippen molar-refractivity contribution in [2.24, 2.45) is 5.73 Å². The van der Waals surface area contributed by atoms with E-state index < -0.39 is 5.54 Å². The van der Waals surface area contributed by atoms with Crippen LogP contribution in [0.2, 0.25) is 0 Å². The summed E-state index contributed by atoms with van der Waals surface area (Å²) in [5, 5.41) is 0. The van der Waals surface area contributed by atoms with Gasteiger partial charge in [-0.05, 0) is 46.1 Å². The molecule has 0 aromatic carbocycles. The Bertz CT molecular complexity index is 279. The summed E-state index contributed by atoms with van der Waals surface area (Å²) >= 11 is 0. The largest absolute Gasteiger partial charge is 0.465 e. The summed E-state index contributed by atoms with van der Waals surface area (Å²) in [6, 6.07) is 0.990. The SMILES string of the molecule is CCOC(=O)C1(N)CCC(N(C)C(CC)CC)C1. The first-order chi connectivity index (χ1) is 8.48. The number of nitrogens with two attached hydrogens (primary N) is 1. The summed E-state index contributed by atoms with van der Waals surface area (Å²) in [4.78, 5) is 14.3. The molecule has 1 rings (SSSR count). The first-order valence-electron chi connectivity index (χ1n) is 7.16. The number of ether oxygens (including phenoxy) is 1. The van der Waals surface area contributed by atoms with Gasteiger partial charge in [0.15, 0.2) is 0 Å². The van der Waals surface area contributed by atoms with Crippen LogP contribution in [0.3, 0.4) is 0 Å². The first-order valence-corrected chi connectivity index (χ1v) is 7.16. The molecule has 1 aliphatic rings. The molecular formula is C14H28N2O2. The first kappa shape index (κ1) is 15.4. The van der Waals surface area contributed by atoms with Gasteiger partial charge in [-0.3, -0.25) is 4.79 Å². The Morgan fingerprint density at radius 2 is 2.06 bits per heavy atom. The lowest BCUT2D eigenvalue weighted by molar-refractivity contribution is -0.149. The lowest BCUT2D eigenvalue weighted by Crippen LogP contribution is -2.49. The van der Waals surface area contributed by atoms with E-state index in [0.29, 0.717) is 18.7 Å². The van der Waals surface area contributed by atoms with Crippen molar-refractivity contribution in [2.75, 3.05) is 13.7 Å². The minimum atomic E-state index is -0.763. The van der Waals surface area contributed by atoms with Crippen molar-refractivity contribution >= 4 is 5.97 Å². The topological polar surface area (TPSA) is 55.6 Å². The van der Waals surface area contributed by atoms with E-state index in [1.807, 2.05) is 6.92 Å². The molecule has 0 radical (unpaired) electrons. The zero-order valence-corrected chi connectivity index (χ0v) is 12.2. The van der Waals surface area contributed by atoms with Crippen LogP contribution in [0.4, 0.5) is 0 Å². The maximum atomic E-state index is 11.9. The third-order valence-electron chi connectivity index (χ3n) is 4.30. The fourth-order valence-corrected chi connectivity index (χ4v) is 3.02. The van der Waals surface area contributed by atoms with Gasteiger partial charge in [0.25, 0.3) is 0 Å². The van der Waals surface area contributed by atoms with Crippen molar-refractivity contribution in [3.05, 3.63) is 0 Å². The van der Waals surface area contributed by atoms with Crippen LogP contribution in [0.1, 0.15) is 52.9 Å². The fourth-order valence-electron chi connectivity index (χ4n) is 3.02. The molecule has 0 saturated heterocycles. The van der Waals surface area contributed by atoms with E-state index in [4.69, 9.17) is 10.5 Å². The Labute approximate surface area is 111 Å². The smallest absolute Gasteiger partial charge is 0.326 e. The van der Waals surface area contributed by atoms with Crippen molar-refractivity contribution in [3.63, 3.8) is 0 Å². The summed E-state index contributed by atoms with van der Waals surface area (Å²) in [7, 11) is 2.15.